The molecule has 0 amide bonds. The van der Waals surface area contributed by atoms with Gasteiger partial charge in [0.05, 0.1) is 6.10 Å². The van der Waals surface area contributed by atoms with E-state index in [4.69, 9.17) is 9.47 Å². The molecule has 0 radical (unpaired) electrons. The van der Waals surface area contributed by atoms with Crippen LogP contribution < -0.4 is 5.32 Å². The zero-order valence-corrected chi connectivity index (χ0v) is 8.84. The Kier molecular flexibility index (Phi) is 4.22. The van der Waals surface area contributed by atoms with E-state index in [1.807, 2.05) is 0 Å². The summed E-state index contributed by atoms with van der Waals surface area (Å²) in [6, 6.07) is 0. The summed E-state index contributed by atoms with van der Waals surface area (Å²) in [6.45, 7) is 5.00. The molecule has 0 aromatic rings. The standard InChI is InChI=1S/C11H21NO2/c1-2-11(8-12-5-1)14-9-10-3-6-13-7-4-10/h10-12H,1-9H2/t11-/m1/s1. The van der Waals surface area contributed by atoms with Crippen LogP contribution >= 0.6 is 0 Å². The van der Waals surface area contributed by atoms with E-state index in [1.54, 1.807) is 0 Å². The van der Waals surface area contributed by atoms with E-state index < -0.39 is 0 Å². The third kappa shape index (κ3) is 3.23. The minimum absolute atomic E-state index is 0.464. The average molecular weight is 199 g/mol. The maximum atomic E-state index is 5.90. The van der Waals surface area contributed by atoms with E-state index in [9.17, 15) is 0 Å². The first-order valence-electron chi connectivity index (χ1n) is 5.85. The van der Waals surface area contributed by atoms with Crippen LogP contribution in [0.4, 0.5) is 0 Å². The molecule has 0 aromatic carbocycles. The summed E-state index contributed by atoms with van der Waals surface area (Å²) in [7, 11) is 0. The van der Waals surface area contributed by atoms with Gasteiger partial charge in [-0.15, -0.1) is 0 Å². The number of hydrogen-bond donors (Lipinski definition) is 1. The molecular formula is C11H21NO2. The van der Waals surface area contributed by atoms with Crippen LogP contribution in [0.3, 0.4) is 0 Å². The molecule has 2 fully saturated rings. The molecule has 0 spiro atoms. The Bertz CT molecular complexity index is 133. The molecule has 82 valence electrons. The quantitative estimate of drug-likeness (QED) is 0.740. The predicted molar refractivity (Wildman–Crippen MR) is 55.4 cm³/mol. The molecular weight excluding hydrogens is 178 g/mol. The van der Waals surface area contributed by atoms with Crippen molar-refractivity contribution in [1.29, 1.82) is 0 Å². The summed E-state index contributed by atoms with van der Waals surface area (Å²) >= 11 is 0. The van der Waals surface area contributed by atoms with Crippen LogP contribution in [-0.2, 0) is 9.47 Å². The normalized spacial score (nSPS) is 30.4. The van der Waals surface area contributed by atoms with E-state index in [2.05, 4.69) is 5.32 Å². The predicted octanol–water partition coefficient (Wildman–Crippen LogP) is 1.18. The van der Waals surface area contributed by atoms with E-state index in [0.717, 1.165) is 38.8 Å². The summed E-state index contributed by atoms with van der Waals surface area (Å²) in [4.78, 5) is 0. The van der Waals surface area contributed by atoms with Gasteiger partial charge >= 0.3 is 0 Å². The van der Waals surface area contributed by atoms with Crippen LogP contribution in [0.25, 0.3) is 0 Å². The summed E-state index contributed by atoms with van der Waals surface area (Å²) in [5.41, 5.74) is 0. The second-order valence-corrected chi connectivity index (χ2v) is 4.36. The van der Waals surface area contributed by atoms with Crippen molar-refractivity contribution in [2.24, 2.45) is 5.92 Å². The van der Waals surface area contributed by atoms with Gasteiger partial charge in [-0.05, 0) is 38.1 Å². The van der Waals surface area contributed by atoms with E-state index in [1.165, 1.54) is 25.7 Å². The van der Waals surface area contributed by atoms with E-state index >= 15 is 0 Å². The van der Waals surface area contributed by atoms with Crippen LogP contribution in [0.5, 0.6) is 0 Å². The second-order valence-electron chi connectivity index (χ2n) is 4.36. The SMILES string of the molecule is C1CNC[C@H](OCC2CCOCC2)C1. The van der Waals surface area contributed by atoms with Crippen LogP contribution in [0.1, 0.15) is 25.7 Å². The van der Waals surface area contributed by atoms with Gasteiger partial charge in [0.1, 0.15) is 0 Å². The lowest BCUT2D eigenvalue weighted by atomic mass is 10.0. The van der Waals surface area contributed by atoms with Gasteiger partial charge < -0.3 is 14.8 Å². The fourth-order valence-electron chi connectivity index (χ4n) is 2.15. The first-order valence-corrected chi connectivity index (χ1v) is 5.85. The average Bonchev–Trinajstić information content (AvgIpc) is 2.29. The van der Waals surface area contributed by atoms with Crippen LogP contribution in [0.15, 0.2) is 0 Å². The molecule has 1 atom stereocenters. The van der Waals surface area contributed by atoms with Crippen molar-refractivity contribution in [3.8, 4) is 0 Å². The Morgan fingerprint density at radius 3 is 2.79 bits per heavy atom. The molecule has 2 aliphatic rings. The fourth-order valence-corrected chi connectivity index (χ4v) is 2.15. The lowest BCUT2D eigenvalue weighted by Crippen LogP contribution is -2.36. The number of rotatable bonds is 3. The monoisotopic (exact) mass is 199 g/mol. The van der Waals surface area contributed by atoms with Gasteiger partial charge in [-0.2, -0.15) is 0 Å². The van der Waals surface area contributed by atoms with Crippen molar-refractivity contribution < 1.29 is 9.47 Å². The molecule has 0 saturated carbocycles. The highest BCUT2D eigenvalue weighted by atomic mass is 16.5. The molecule has 3 nitrogen and oxygen atoms in total. The Morgan fingerprint density at radius 2 is 2.07 bits per heavy atom. The van der Waals surface area contributed by atoms with Gasteiger partial charge in [-0.1, -0.05) is 0 Å². The van der Waals surface area contributed by atoms with Crippen LogP contribution in [-0.4, -0.2) is 39.0 Å². The molecule has 14 heavy (non-hydrogen) atoms. The Labute approximate surface area is 86.2 Å². The molecule has 1 N–H and O–H groups in total. The summed E-state index contributed by atoms with van der Waals surface area (Å²) in [5, 5.41) is 3.37. The van der Waals surface area contributed by atoms with Crippen molar-refractivity contribution >= 4 is 0 Å². The molecule has 2 rings (SSSR count). The van der Waals surface area contributed by atoms with Gasteiger partial charge in [0.2, 0.25) is 0 Å². The summed E-state index contributed by atoms with van der Waals surface area (Å²) in [6.07, 6.45) is 5.32. The van der Waals surface area contributed by atoms with Crippen molar-refractivity contribution in [2.45, 2.75) is 31.8 Å². The lowest BCUT2D eigenvalue weighted by Gasteiger charge is -2.27. The highest BCUT2D eigenvalue weighted by Crippen LogP contribution is 2.16. The number of hydrogen-bond acceptors (Lipinski definition) is 3. The molecule has 2 heterocycles. The molecule has 3 heteroatoms. The largest absolute Gasteiger partial charge is 0.381 e. The maximum absolute atomic E-state index is 5.90. The molecule has 2 aliphatic heterocycles. The maximum Gasteiger partial charge on any atom is 0.0700 e. The minimum Gasteiger partial charge on any atom is -0.381 e. The highest BCUT2D eigenvalue weighted by Gasteiger charge is 2.18. The highest BCUT2D eigenvalue weighted by molar-refractivity contribution is 4.70. The van der Waals surface area contributed by atoms with Crippen molar-refractivity contribution in [3.63, 3.8) is 0 Å². The number of ether oxygens (including phenoxy) is 2. The van der Waals surface area contributed by atoms with Gasteiger partial charge in [-0.25, -0.2) is 0 Å². The second kappa shape index (κ2) is 5.69. The Balaban J connectivity index is 1.60. The first-order chi connectivity index (χ1) is 6.95. The van der Waals surface area contributed by atoms with E-state index in [-0.39, 0.29) is 0 Å². The van der Waals surface area contributed by atoms with E-state index in [0.29, 0.717) is 6.10 Å². The zero-order valence-electron chi connectivity index (χ0n) is 8.84. The fraction of sp³-hybridized carbons (Fsp3) is 1.00. The van der Waals surface area contributed by atoms with Crippen molar-refractivity contribution in [2.75, 3.05) is 32.9 Å². The molecule has 0 aliphatic carbocycles. The van der Waals surface area contributed by atoms with Gasteiger partial charge in [0.15, 0.2) is 0 Å². The summed E-state index contributed by atoms with van der Waals surface area (Å²) in [5.74, 6) is 0.741. The third-order valence-corrected chi connectivity index (χ3v) is 3.16. The smallest absolute Gasteiger partial charge is 0.0700 e. The first kappa shape index (κ1) is 10.4. The summed E-state index contributed by atoms with van der Waals surface area (Å²) < 4.78 is 11.2. The van der Waals surface area contributed by atoms with Crippen molar-refractivity contribution in [3.05, 3.63) is 0 Å². The zero-order chi connectivity index (χ0) is 9.64. The topological polar surface area (TPSA) is 30.5 Å². The van der Waals surface area contributed by atoms with Gasteiger partial charge in [0.25, 0.3) is 0 Å². The number of piperidine rings is 1. The van der Waals surface area contributed by atoms with Crippen molar-refractivity contribution in [1.82, 2.24) is 5.32 Å². The molecule has 0 unspecified atom stereocenters. The molecule has 0 aromatic heterocycles. The van der Waals surface area contributed by atoms with Crippen LogP contribution in [0, 0.1) is 5.92 Å². The minimum atomic E-state index is 0.464. The van der Waals surface area contributed by atoms with Gasteiger partial charge in [-0.3, -0.25) is 0 Å². The van der Waals surface area contributed by atoms with Crippen LogP contribution in [0.2, 0.25) is 0 Å². The third-order valence-electron chi connectivity index (χ3n) is 3.16. The Hall–Kier alpha value is -0.120. The lowest BCUT2D eigenvalue weighted by molar-refractivity contribution is -0.0179. The molecule has 0 bridgehead atoms. The molecule has 2 saturated heterocycles. The number of nitrogens with one attached hydrogen (secondary N) is 1. The Morgan fingerprint density at radius 1 is 1.21 bits per heavy atom. The van der Waals surface area contributed by atoms with Gasteiger partial charge in [0, 0.05) is 26.4 Å².